The van der Waals surface area contributed by atoms with E-state index in [4.69, 9.17) is 0 Å². The van der Waals surface area contributed by atoms with Crippen LogP contribution in [0.25, 0.3) is 0 Å². The average molecular weight is 294 g/mol. The first-order valence-electron chi connectivity index (χ1n) is 7.30. The second-order valence-corrected chi connectivity index (χ2v) is 8.31. The molecule has 0 amide bonds. The number of aryl methyl sites for hydroxylation is 1. The molecule has 2 aliphatic rings. The number of hydrogen-bond donors (Lipinski definition) is 1. The Balaban J connectivity index is 1.40. The van der Waals surface area contributed by atoms with Gasteiger partial charge in [0, 0.05) is 35.1 Å². The van der Waals surface area contributed by atoms with Crippen LogP contribution in [0.3, 0.4) is 0 Å². The second kappa shape index (κ2) is 6.55. The Morgan fingerprint density at radius 2 is 2.16 bits per heavy atom. The van der Waals surface area contributed by atoms with E-state index in [0.717, 1.165) is 17.2 Å². The van der Waals surface area contributed by atoms with Crippen molar-refractivity contribution in [3.8, 4) is 0 Å². The monoisotopic (exact) mass is 293 g/mol. The lowest BCUT2D eigenvalue weighted by molar-refractivity contribution is 0.293. The molecule has 1 aliphatic heterocycles. The molecule has 1 saturated heterocycles. The maximum Gasteiger partial charge on any atom is 0.0263 e. The summed E-state index contributed by atoms with van der Waals surface area (Å²) in [5.41, 5.74) is 2.94. The molecule has 0 aromatic heterocycles. The Labute approximate surface area is 125 Å². The van der Waals surface area contributed by atoms with Crippen LogP contribution in [0.2, 0.25) is 0 Å². The summed E-state index contributed by atoms with van der Waals surface area (Å²) in [6.07, 6.45) is 2.65. The Bertz CT molecular complexity index is 409. The summed E-state index contributed by atoms with van der Waals surface area (Å²) in [6, 6.07) is 9.80. The fourth-order valence-corrected chi connectivity index (χ4v) is 5.56. The van der Waals surface area contributed by atoms with E-state index in [-0.39, 0.29) is 0 Å². The van der Waals surface area contributed by atoms with Crippen molar-refractivity contribution in [2.75, 3.05) is 23.8 Å². The molecule has 0 bridgehead atoms. The van der Waals surface area contributed by atoms with E-state index in [0.29, 0.717) is 0 Å². The van der Waals surface area contributed by atoms with Crippen LogP contribution in [-0.2, 0) is 0 Å². The van der Waals surface area contributed by atoms with E-state index >= 15 is 0 Å². The third kappa shape index (κ3) is 3.71. The molecular weight excluding hydrogens is 270 g/mol. The maximum atomic E-state index is 3.77. The summed E-state index contributed by atoms with van der Waals surface area (Å²) in [5, 5.41) is 4.61. The van der Waals surface area contributed by atoms with Crippen LogP contribution in [0.15, 0.2) is 24.3 Å². The summed E-state index contributed by atoms with van der Waals surface area (Å²) >= 11 is 4.27. The van der Waals surface area contributed by atoms with E-state index < -0.39 is 0 Å². The Kier molecular flexibility index (Phi) is 4.78. The van der Waals surface area contributed by atoms with Crippen molar-refractivity contribution < 1.29 is 0 Å². The summed E-state index contributed by atoms with van der Waals surface area (Å²) in [4.78, 5) is 0. The molecule has 1 aliphatic carbocycles. The smallest absolute Gasteiger partial charge is 0.0263 e. The van der Waals surface area contributed by atoms with Crippen molar-refractivity contribution in [3.05, 3.63) is 35.4 Å². The van der Waals surface area contributed by atoms with Gasteiger partial charge in [-0.25, -0.2) is 0 Å². The van der Waals surface area contributed by atoms with Crippen LogP contribution in [0.5, 0.6) is 0 Å². The predicted molar refractivity (Wildman–Crippen MR) is 88.5 cm³/mol. The Morgan fingerprint density at radius 3 is 2.89 bits per heavy atom. The molecule has 0 spiro atoms. The molecule has 19 heavy (non-hydrogen) atoms. The molecule has 104 valence electrons. The van der Waals surface area contributed by atoms with Gasteiger partial charge in [-0.2, -0.15) is 23.5 Å². The first-order chi connectivity index (χ1) is 9.31. The summed E-state index contributed by atoms with van der Waals surface area (Å²) in [6.45, 7) is 3.40. The summed E-state index contributed by atoms with van der Waals surface area (Å²) in [7, 11) is 0. The maximum absolute atomic E-state index is 3.77. The molecule has 1 nitrogen and oxygen atoms in total. The number of nitrogens with one attached hydrogen (secondary N) is 1. The van der Waals surface area contributed by atoms with Gasteiger partial charge >= 0.3 is 0 Å². The van der Waals surface area contributed by atoms with Crippen molar-refractivity contribution in [1.82, 2.24) is 5.32 Å². The predicted octanol–water partition coefficient (Wildman–Crippen LogP) is 3.68. The van der Waals surface area contributed by atoms with Crippen LogP contribution in [-0.4, -0.2) is 35.1 Å². The fraction of sp³-hybridized carbons (Fsp3) is 0.625. The molecule has 1 unspecified atom stereocenters. The van der Waals surface area contributed by atoms with Crippen molar-refractivity contribution in [3.63, 3.8) is 0 Å². The number of thioether (sulfide) groups is 2. The van der Waals surface area contributed by atoms with Gasteiger partial charge in [0.15, 0.2) is 0 Å². The molecular formula is C16H23NS2. The average Bonchev–Trinajstić information content (AvgIpc) is 2.38. The Morgan fingerprint density at radius 1 is 1.26 bits per heavy atom. The zero-order valence-corrected chi connectivity index (χ0v) is 13.2. The molecule has 1 aromatic carbocycles. The van der Waals surface area contributed by atoms with Gasteiger partial charge in [0.2, 0.25) is 0 Å². The molecule has 1 saturated carbocycles. The number of hydrogen-bond acceptors (Lipinski definition) is 3. The van der Waals surface area contributed by atoms with E-state index in [9.17, 15) is 0 Å². The van der Waals surface area contributed by atoms with E-state index in [1.807, 2.05) is 0 Å². The molecule has 3 heteroatoms. The zero-order valence-electron chi connectivity index (χ0n) is 11.6. The molecule has 1 N–H and O–H groups in total. The van der Waals surface area contributed by atoms with Gasteiger partial charge in [-0.3, -0.25) is 0 Å². The minimum Gasteiger partial charge on any atom is -0.313 e. The van der Waals surface area contributed by atoms with Crippen LogP contribution in [0.1, 0.15) is 29.9 Å². The van der Waals surface area contributed by atoms with Crippen LogP contribution >= 0.6 is 23.5 Å². The summed E-state index contributed by atoms with van der Waals surface area (Å²) < 4.78 is 0. The first-order valence-corrected chi connectivity index (χ1v) is 9.51. The standard InChI is InChI=1S/C16H23NS2/c1-12-3-2-4-13(7-12)14-8-15(9-14)17-10-16-11-18-5-6-19-16/h2-4,7,14-17H,5-6,8-11H2,1H3. The lowest BCUT2D eigenvalue weighted by Gasteiger charge is -2.37. The van der Waals surface area contributed by atoms with E-state index in [1.165, 1.54) is 42.2 Å². The highest BCUT2D eigenvalue weighted by atomic mass is 32.2. The number of rotatable bonds is 4. The second-order valence-electron chi connectivity index (χ2n) is 5.76. The van der Waals surface area contributed by atoms with Crippen LogP contribution in [0, 0.1) is 6.92 Å². The number of benzene rings is 1. The van der Waals surface area contributed by atoms with Crippen molar-refractivity contribution in [1.29, 1.82) is 0 Å². The normalized spacial score (nSPS) is 30.9. The third-order valence-electron chi connectivity index (χ3n) is 4.17. The van der Waals surface area contributed by atoms with Gasteiger partial charge in [-0.1, -0.05) is 29.8 Å². The SMILES string of the molecule is Cc1cccc(C2CC(NCC3CSCCS3)C2)c1. The largest absolute Gasteiger partial charge is 0.313 e. The lowest BCUT2D eigenvalue weighted by atomic mass is 9.75. The van der Waals surface area contributed by atoms with Crippen molar-refractivity contribution >= 4 is 23.5 Å². The molecule has 1 atom stereocenters. The van der Waals surface area contributed by atoms with Gasteiger partial charge in [0.1, 0.15) is 0 Å². The van der Waals surface area contributed by atoms with Crippen LogP contribution < -0.4 is 5.32 Å². The van der Waals surface area contributed by atoms with Crippen molar-refractivity contribution in [2.45, 2.75) is 37.0 Å². The minimum atomic E-state index is 0.762. The molecule has 1 aromatic rings. The lowest BCUT2D eigenvalue weighted by Crippen LogP contribution is -2.43. The minimum absolute atomic E-state index is 0.762. The van der Waals surface area contributed by atoms with Gasteiger partial charge < -0.3 is 5.32 Å². The molecule has 2 fully saturated rings. The van der Waals surface area contributed by atoms with E-state index in [1.54, 1.807) is 5.56 Å². The van der Waals surface area contributed by atoms with Gasteiger partial charge in [-0.05, 0) is 31.2 Å². The third-order valence-corrected chi connectivity index (χ3v) is 7.02. The first kappa shape index (κ1) is 13.8. The summed E-state index contributed by atoms with van der Waals surface area (Å²) in [5.74, 6) is 4.82. The highest BCUT2D eigenvalue weighted by Crippen LogP contribution is 2.37. The van der Waals surface area contributed by atoms with Gasteiger partial charge in [0.25, 0.3) is 0 Å². The van der Waals surface area contributed by atoms with Gasteiger partial charge in [0.05, 0.1) is 0 Å². The highest BCUT2D eigenvalue weighted by molar-refractivity contribution is 8.06. The quantitative estimate of drug-likeness (QED) is 0.909. The Hall–Kier alpha value is -0.120. The van der Waals surface area contributed by atoms with E-state index in [2.05, 4.69) is 60.0 Å². The van der Waals surface area contributed by atoms with Crippen LogP contribution in [0.4, 0.5) is 0 Å². The topological polar surface area (TPSA) is 12.0 Å². The zero-order chi connectivity index (χ0) is 13.1. The van der Waals surface area contributed by atoms with Gasteiger partial charge in [-0.15, -0.1) is 0 Å². The molecule has 0 radical (unpaired) electrons. The fourth-order valence-electron chi connectivity index (χ4n) is 2.93. The molecule has 3 rings (SSSR count). The highest BCUT2D eigenvalue weighted by Gasteiger charge is 2.30. The molecule has 1 heterocycles. The van der Waals surface area contributed by atoms with Crippen molar-refractivity contribution in [2.24, 2.45) is 0 Å².